The second kappa shape index (κ2) is 5.68. The Labute approximate surface area is 130 Å². The molecule has 0 saturated heterocycles. The van der Waals surface area contributed by atoms with Crippen molar-refractivity contribution in [2.24, 2.45) is 0 Å². The van der Waals surface area contributed by atoms with E-state index in [4.69, 9.17) is 4.74 Å². The lowest BCUT2D eigenvalue weighted by Gasteiger charge is -2.18. The number of aromatic nitrogens is 1. The van der Waals surface area contributed by atoms with Gasteiger partial charge in [0.1, 0.15) is 12.4 Å². The summed E-state index contributed by atoms with van der Waals surface area (Å²) >= 11 is 0. The number of rotatable bonds is 3. The first-order chi connectivity index (χ1) is 10.9. The Hall–Kier alpha value is -2.55. The van der Waals surface area contributed by atoms with Gasteiger partial charge in [-0.25, -0.2) is 4.98 Å². The number of para-hydroxylation sites is 1. The molecule has 0 spiro atoms. The fraction of sp³-hybridized carbons (Fsp3) is 0.211. The Morgan fingerprint density at radius 2 is 2.00 bits per heavy atom. The van der Waals surface area contributed by atoms with Crippen LogP contribution in [0, 0.1) is 0 Å². The molecule has 3 nitrogen and oxygen atoms in total. The van der Waals surface area contributed by atoms with Crippen molar-refractivity contribution in [2.75, 3.05) is 11.9 Å². The van der Waals surface area contributed by atoms with Gasteiger partial charge in [-0.3, -0.25) is 0 Å². The molecule has 22 heavy (non-hydrogen) atoms. The normalized spacial score (nSPS) is 13.5. The highest BCUT2D eigenvalue weighted by atomic mass is 16.5. The van der Waals surface area contributed by atoms with Crippen LogP contribution in [0.1, 0.15) is 17.7 Å². The first-order valence-corrected chi connectivity index (χ1v) is 7.73. The van der Waals surface area contributed by atoms with Gasteiger partial charge < -0.3 is 10.1 Å². The minimum atomic E-state index is 0.497. The standard InChI is InChI=1S/C19H18N2O/c1-2-6-19-14(4-1)7-8-16(21-19)13-22-17-9-10-18-15(12-17)5-3-11-20-18/h1-2,4,6-10,12,20H,3,5,11,13H2. The molecule has 2 heterocycles. The molecule has 2 aromatic carbocycles. The summed E-state index contributed by atoms with van der Waals surface area (Å²) in [5, 5.41) is 4.57. The molecule has 0 fully saturated rings. The van der Waals surface area contributed by atoms with Crippen molar-refractivity contribution in [3.05, 3.63) is 65.9 Å². The lowest BCUT2D eigenvalue weighted by Crippen LogP contribution is -2.11. The number of pyridine rings is 1. The van der Waals surface area contributed by atoms with E-state index in [0.717, 1.165) is 35.3 Å². The van der Waals surface area contributed by atoms with Crippen molar-refractivity contribution in [3.63, 3.8) is 0 Å². The molecular weight excluding hydrogens is 272 g/mol. The Balaban J connectivity index is 1.51. The molecule has 0 saturated carbocycles. The SMILES string of the molecule is c1ccc2nc(COc3ccc4c(c3)CCCN4)ccc2c1. The van der Waals surface area contributed by atoms with E-state index in [2.05, 4.69) is 34.6 Å². The average molecular weight is 290 g/mol. The van der Waals surface area contributed by atoms with Gasteiger partial charge in [-0.1, -0.05) is 24.3 Å². The van der Waals surface area contributed by atoms with Crippen molar-refractivity contribution in [1.29, 1.82) is 0 Å². The van der Waals surface area contributed by atoms with Crippen LogP contribution in [0.25, 0.3) is 10.9 Å². The van der Waals surface area contributed by atoms with Gasteiger partial charge in [0.05, 0.1) is 11.2 Å². The highest BCUT2D eigenvalue weighted by molar-refractivity contribution is 5.78. The van der Waals surface area contributed by atoms with E-state index < -0.39 is 0 Å². The molecule has 0 bridgehead atoms. The minimum absolute atomic E-state index is 0.497. The molecule has 1 aromatic heterocycles. The third-order valence-corrected chi connectivity index (χ3v) is 4.06. The maximum atomic E-state index is 5.92. The summed E-state index contributed by atoms with van der Waals surface area (Å²) in [4.78, 5) is 4.64. The molecular formula is C19H18N2O. The van der Waals surface area contributed by atoms with Crippen molar-refractivity contribution in [2.45, 2.75) is 19.4 Å². The van der Waals surface area contributed by atoms with Gasteiger partial charge in [0, 0.05) is 17.6 Å². The Morgan fingerprint density at radius 1 is 1.05 bits per heavy atom. The van der Waals surface area contributed by atoms with Crippen LogP contribution in [0.4, 0.5) is 5.69 Å². The summed E-state index contributed by atoms with van der Waals surface area (Å²) in [5.74, 6) is 0.914. The van der Waals surface area contributed by atoms with Crippen LogP contribution in [0.3, 0.4) is 0 Å². The second-order valence-electron chi connectivity index (χ2n) is 5.63. The molecule has 1 N–H and O–H groups in total. The first kappa shape index (κ1) is 13.1. The van der Waals surface area contributed by atoms with Crippen LogP contribution in [0.5, 0.6) is 5.75 Å². The Bertz CT molecular complexity index is 813. The zero-order valence-electron chi connectivity index (χ0n) is 12.4. The number of aryl methyl sites for hydroxylation is 1. The summed E-state index contributed by atoms with van der Waals surface area (Å²) in [5.41, 5.74) is 4.55. The summed E-state index contributed by atoms with van der Waals surface area (Å²) < 4.78 is 5.92. The molecule has 1 aliphatic heterocycles. The van der Waals surface area contributed by atoms with E-state index in [1.165, 1.54) is 17.7 Å². The molecule has 110 valence electrons. The molecule has 0 radical (unpaired) electrons. The number of nitrogens with zero attached hydrogens (tertiary/aromatic N) is 1. The second-order valence-corrected chi connectivity index (χ2v) is 5.63. The van der Waals surface area contributed by atoms with Crippen LogP contribution < -0.4 is 10.1 Å². The van der Waals surface area contributed by atoms with Crippen LogP contribution in [-0.2, 0) is 13.0 Å². The number of hydrogen-bond donors (Lipinski definition) is 1. The number of anilines is 1. The molecule has 3 heteroatoms. The number of benzene rings is 2. The molecule has 1 aliphatic rings. The zero-order valence-corrected chi connectivity index (χ0v) is 12.4. The van der Waals surface area contributed by atoms with Crippen LogP contribution in [-0.4, -0.2) is 11.5 Å². The van der Waals surface area contributed by atoms with Gasteiger partial charge in [0.25, 0.3) is 0 Å². The van der Waals surface area contributed by atoms with E-state index in [9.17, 15) is 0 Å². The van der Waals surface area contributed by atoms with Crippen molar-refractivity contribution in [1.82, 2.24) is 4.98 Å². The average Bonchev–Trinajstić information content (AvgIpc) is 2.59. The zero-order chi connectivity index (χ0) is 14.8. The van der Waals surface area contributed by atoms with E-state index in [1.807, 2.05) is 30.3 Å². The molecule has 0 amide bonds. The number of ether oxygens (including phenoxy) is 1. The number of hydrogen-bond acceptors (Lipinski definition) is 3. The van der Waals surface area contributed by atoms with Gasteiger partial charge in [0.15, 0.2) is 0 Å². The minimum Gasteiger partial charge on any atom is -0.487 e. The van der Waals surface area contributed by atoms with Gasteiger partial charge in [0.2, 0.25) is 0 Å². The molecule has 0 atom stereocenters. The quantitative estimate of drug-likeness (QED) is 0.786. The summed E-state index contributed by atoms with van der Waals surface area (Å²) in [7, 11) is 0. The van der Waals surface area contributed by atoms with Gasteiger partial charge >= 0.3 is 0 Å². The third kappa shape index (κ3) is 2.62. The summed E-state index contributed by atoms with van der Waals surface area (Å²) in [6.45, 7) is 1.56. The Kier molecular flexibility index (Phi) is 3.39. The van der Waals surface area contributed by atoms with Crippen LogP contribution in [0.15, 0.2) is 54.6 Å². The van der Waals surface area contributed by atoms with Crippen molar-refractivity contribution >= 4 is 16.6 Å². The monoisotopic (exact) mass is 290 g/mol. The largest absolute Gasteiger partial charge is 0.487 e. The fourth-order valence-electron chi connectivity index (χ4n) is 2.89. The van der Waals surface area contributed by atoms with Crippen molar-refractivity contribution in [3.8, 4) is 5.75 Å². The lowest BCUT2D eigenvalue weighted by atomic mass is 10.0. The van der Waals surface area contributed by atoms with E-state index >= 15 is 0 Å². The number of fused-ring (bicyclic) bond motifs is 2. The Morgan fingerprint density at radius 3 is 3.00 bits per heavy atom. The summed E-state index contributed by atoms with van der Waals surface area (Å²) in [6, 6.07) is 18.5. The van der Waals surface area contributed by atoms with E-state index in [1.54, 1.807) is 0 Å². The van der Waals surface area contributed by atoms with Crippen LogP contribution >= 0.6 is 0 Å². The fourth-order valence-corrected chi connectivity index (χ4v) is 2.89. The molecule has 0 aliphatic carbocycles. The topological polar surface area (TPSA) is 34.1 Å². The van der Waals surface area contributed by atoms with Crippen LogP contribution in [0.2, 0.25) is 0 Å². The maximum Gasteiger partial charge on any atom is 0.130 e. The highest BCUT2D eigenvalue weighted by Crippen LogP contribution is 2.26. The smallest absolute Gasteiger partial charge is 0.130 e. The van der Waals surface area contributed by atoms with Gasteiger partial charge in [-0.15, -0.1) is 0 Å². The number of nitrogens with one attached hydrogen (secondary N) is 1. The van der Waals surface area contributed by atoms with E-state index in [0.29, 0.717) is 6.61 Å². The molecule has 4 rings (SSSR count). The highest BCUT2D eigenvalue weighted by Gasteiger charge is 2.09. The van der Waals surface area contributed by atoms with Gasteiger partial charge in [-0.05, 0) is 48.7 Å². The molecule has 0 unspecified atom stereocenters. The lowest BCUT2D eigenvalue weighted by molar-refractivity contribution is 0.301. The van der Waals surface area contributed by atoms with Crippen molar-refractivity contribution < 1.29 is 4.74 Å². The van der Waals surface area contributed by atoms with E-state index in [-0.39, 0.29) is 0 Å². The summed E-state index contributed by atoms with van der Waals surface area (Å²) in [6.07, 6.45) is 2.30. The predicted molar refractivity (Wildman–Crippen MR) is 89.3 cm³/mol. The first-order valence-electron chi connectivity index (χ1n) is 7.73. The predicted octanol–water partition coefficient (Wildman–Crippen LogP) is 4.17. The third-order valence-electron chi connectivity index (χ3n) is 4.06. The maximum absolute atomic E-state index is 5.92. The van der Waals surface area contributed by atoms with Gasteiger partial charge in [-0.2, -0.15) is 0 Å². The molecule has 3 aromatic rings.